The second-order valence-corrected chi connectivity index (χ2v) is 5.44. The number of halogens is 2. The van der Waals surface area contributed by atoms with Crippen LogP contribution < -0.4 is 0 Å². The molecule has 0 aliphatic carbocycles. The van der Waals surface area contributed by atoms with Crippen LogP contribution in [-0.2, 0) is 0 Å². The molecule has 21 heavy (non-hydrogen) atoms. The zero-order valence-corrected chi connectivity index (χ0v) is 12.4. The van der Waals surface area contributed by atoms with Crippen LogP contribution in [0.3, 0.4) is 0 Å². The van der Waals surface area contributed by atoms with Gasteiger partial charge in [0, 0.05) is 44.7 Å². The van der Waals surface area contributed by atoms with Crippen LogP contribution in [0.1, 0.15) is 15.9 Å². The fourth-order valence-corrected chi connectivity index (χ4v) is 2.57. The molecule has 0 saturated heterocycles. The van der Waals surface area contributed by atoms with Crippen molar-refractivity contribution in [3.05, 3.63) is 82.1 Å². The molecule has 4 heteroatoms. The molecule has 0 fully saturated rings. The maximum Gasteiger partial charge on any atom is 0.195 e. The van der Waals surface area contributed by atoms with Crippen molar-refractivity contribution in [2.45, 2.75) is 0 Å². The van der Waals surface area contributed by atoms with Gasteiger partial charge in [-0.15, -0.1) is 0 Å². The number of carbonyl (C=O) groups excluding carboxylic acids is 1. The van der Waals surface area contributed by atoms with Crippen LogP contribution in [0.4, 0.5) is 0 Å². The molecule has 1 N–H and O–H groups in total. The Morgan fingerprint density at radius 3 is 2.29 bits per heavy atom. The van der Waals surface area contributed by atoms with Gasteiger partial charge in [0.25, 0.3) is 0 Å². The molecule has 3 aromatic rings. The van der Waals surface area contributed by atoms with E-state index in [9.17, 15) is 4.79 Å². The topological polar surface area (TPSA) is 32.9 Å². The number of ketones is 1. The molecule has 0 aliphatic rings. The predicted octanol–water partition coefficient (Wildman–Crippen LogP) is 5.22. The first-order valence-electron chi connectivity index (χ1n) is 6.39. The van der Waals surface area contributed by atoms with Crippen molar-refractivity contribution in [3.8, 4) is 11.1 Å². The van der Waals surface area contributed by atoms with Gasteiger partial charge in [0.05, 0.1) is 0 Å². The zero-order valence-electron chi connectivity index (χ0n) is 10.9. The van der Waals surface area contributed by atoms with Crippen molar-refractivity contribution in [1.82, 2.24) is 4.98 Å². The molecule has 0 aliphatic heterocycles. The van der Waals surface area contributed by atoms with Crippen LogP contribution in [0, 0.1) is 0 Å². The van der Waals surface area contributed by atoms with Crippen molar-refractivity contribution >= 4 is 29.0 Å². The molecular weight excluding hydrogens is 305 g/mol. The first kappa shape index (κ1) is 13.9. The van der Waals surface area contributed by atoms with Crippen molar-refractivity contribution in [2.75, 3.05) is 0 Å². The summed E-state index contributed by atoms with van der Waals surface area (Å²) in [5.41, 5.74) is 2.80. The quantitative estimate of drug-likeness (QED) is 0.660. The lowest BCUT2D eigenvalue weighted by Crippen LogP contribution is -2.01. The molecule has 2 aromatic carbocycles. The lowest BCUT2D eigenvalue weighted by Gasteiger charge is -2.06. The number of benzene rings is 2. The summed E-state index contributed by atoms with van der Waals surface area (Å²) < 4.78 is 0. The van der Waals surface area contributed by atoms with Crippen LogP contribution >= 0.6 is 23.2 Å². The molecule has 0 spiro atoms. The lowest BCUT2D eigenvalue weighted by atomic mass is 9.98. The Kier molecular flexibility index (Phi) is 3.82. The highest BCUT2D eigenvalue weighted by atomic mass is 35.5. The van der Waals surface area contributed by atoms with Crippen molar-refractivity contribution < 1.29 is 4.79 Å². The highest BCUT2D eigenvalue weighted by molar-refractivity contribution is 6.33. The molecule has 0 atom stereocenters. The first-order chi connectivity index (χ1) is 10.2. The fraction of sp³-hybridized carbons (Fsp3) is 0. The van der Waals surface area contributed by atoms with E-state index in [1.165, 1.54) is 0 Å². The molecule has 0 amide bonds. The maximum atomic E-state index is 12.6. The van der Waals surface area contributed by atoms with Crippen LogP contribution in [0.15, 0.2) is 60.9 Å². The van der Waals surface area contributed by atoms with E-state index < -0.39 is 0 Å². The first-order valence-corrected chi connectivity index (χ1v) is 7.14. The summed E-state index contributed by atoms with van der Waals surface area (Å²) in [6.45, 7) is 0. The Morgan fingerprint density at radius 1 is 0.857 bits per heavy atom. The average molecular weight is 316 g/mol. The second kappa shape index (κ2) is 5.76. The Hall–Kier alpha value is -2.03. The SMILES string of the molecule is O=C(c1ccc(Cl)cc1)c1c[nH]cc1-c1ccccc1Cl. The van der Waals surface area contributed by atoms with Crippen LogP contribution in [-0.4, -0.2) is 10.8 Å². The van der Waals surface area contributed by atoms with Gasteiger partial charge in [-0.1, -0.05) is 41.4 Å². The molecule has 0 radical (unpaired) electrons. The van der Waals surface area contributed by atoms with Crippen molar-refractivity contribution in [2.24, 2.45) is 0 Å². The summed E-state index contributed by atoms with van der Waals surface area (Å²) in [7, 11) is 0. The van der Waals surface area contributed by atoms with E-state index in [1.807, 2.05) is 18.2 Å². The molecule has 1 heterocycles. The third-order valence-corrected chi connectivity index (χ3v) is 3.84. The van der Waals surface area contributed by atoms with Gasteiger partial charge in [-0.3, -0.25) is 4.79 Å². The molecule has 2 nitrogen and oxygen atoms in total. The van der Waals surface area contributed by atoms with Crippen LogP contribution in [0.2, 0.25) is 10.0 Å². The van der Waals surface area contributed by atoms with Crippen LogP contribution in [0.5, 0.6) is 0 Å². The van der Waals surface area contributed by atoms with Gasteiger partial charge in [0.15, 0.2) is 5.78 Å². The Labute approximate surface area is 132 Å². The monoisotopic (exact) mass is 315 g/mol. The summed E-state index contributed by atoms with van der Waals surface area (Å²) in [5, 5.41) is 1.22. The highest BCUT2D eigenvalue weighted by Gasteiger charge is 2.17. The molecule has 1 aromatic heterocycles. The van der Waals surface area contributed by atoms with E-state index >= 15 is 0 Å². The number of H-pyrrole nitrogens is 1. The third-order valence-electron chi connectivity index (χ3n) is 3.26. The Balaban J connectivity index is 2.05. The minimum atomic E-state index is -0.0668. The van der Waals surface area contributed by atoms with E-state index in [0.717, 1.165) is 11.1 Å². The summed E-state index contributed by atoms with van der Waals surface area (Å²) in [5.74, 6) is -0.0668. The lowest BCUT2D eigenvalue weighted by molar-refractivity contribution is 0.103. The number of hydrogen-bond acceptors (Lipinski definition) is 1. The zero-order chi connectivity index (χ0) is 14.8. The molecular formula is C17H11Cl2NO. The molecule has 3 rings (SSSR count). The van der Waals surface area contributed by atoms with Crippen molar-refractivity contribution in [1.29, 1.82) is 0 Å². The standard InChI is InChI=1S/C17H11Cl2NO/c18-12-7-5-11(6-8-12)17(21)15-10-20-9-14(15)13-3-1-2-4-16(13)19/h1-10,20H. The second-order valence-electron chi connectivity index (χ2n) is 4.60. The number of aromatic amines is 1. The van der Waals surface area contributed by atoms with E-state index in [-0.39, 0.29) is 5.78 Å². The van der Waals surface area contributed by atoms with E-state index in [2.05, 4.69) is 4.98 Å². The number of carbonyl (C=O) groups is 1. The predicted molar refractivity (Wildman–Crippen MR) is 86.1 cm³/mol. The molecule has 0 unspecified atom stereocenters. The third kappa shape index (κ3) is 2.73. The Morgan fingerprint density at radius 2 is 1.57 bits per heavy atom. The highest BCUT2D eigenvalue weighted by Crippen LogP contribution is 2.31. The summed E-state index contributed by atoms with van der Waals surface area (Å²) in [6.07, 6.45) is 3.47. The Bertz CT molecular complexity index is 791. The van der Waals surface area contributed by atoms with Crippen molar-refractivity contribution in [3.63, 3.8) is 0 Å². The van der Waals surface area contributed by atoms with Gasteiger partial charge in [0.1, 0.15) is 0 Å². The van der Waals surface area contributed by atoms with E-state index in [0.29, 0.717) is 21.2 Å². The molecule has 104 valence electrons. The minimum absolute atomic E-state index is 0.0668. The number of rotatable bonds is 3. The fourth-order valence-electron chi connectivity index (χ4n) is 2.21. The summed E-state index contributed by atoms with van der Waals surface area (Å²) in [6, 6.07) is 14.3. The number of nitrogens with one attached hydrogen (secondary N) is 1. The van der Waals surface area contributed by atoms with Gasteiger partial charge >= 0.3 is 0 Å². The summed E-state index contributed by atoms with van der Waals surface area (Å²) >= 11 is 12.1. The summed E-state index contributed by atoms with van der Waals surface area (Å²) in [4.78, 5) is 15.6. The van der Waals surface area contributed by atoms with Gasteiger partial charge < -0.3 is 4.98 Å². The minimum Gasteiger partial charge on any atom is -0.366 e. The van der Waals surface area contributed by atoms with E-state index in [4.69, 9.17) is 23.2 Å². The van der Waals surface area contributed by atoms with Gasteiger partial charge in [-0.05, 0) is 30.3 Å². The average Bonchev–Trinajstić information content (AvgIpc) is 2.97. The largest absolute Gasteiger partial charge is 0.366 e. The van der Waals surface area contributed by atoms with E-state index in [1.54, 1.807) is 42.7 Å². The molecule has 0 saturated carbocycles. The van der Waals surface area contributed by atoms with Gasteiger partial charge in [-0.2, -0.15) is 0 Å². The number of hydrogen-bond donors (Lipinski definition) is 1. The smallest absolute Gasteiger partial charge is 0.195 e. The number of aromatic nitrogens is 1. The van der Waals surface area contributed by atoms with Crippen LogP contribution in [0.25, 0.3) is 11.1 Å². The van der Waals surface area contributed by atoms with Gasteiger partial charge in [-0.25, -0.2) is 0 Å². The molecule has 0 bridgehead atoms. The normalized spacial score (nSPS) is 10.6. The van der Waals surface area contributed by atoms with Gasteiger partial charge in [0.2, 0.25) is 0 Å². The maximum absolute atomic E-state index is 12.6.